The van der Waals surface area contributed by atoms with Crippen LogP contribution in [0.5, 0.6) is 0 Å². The van der Waals surface area contributed by atoms with E-state index in [9.17, 15) is 14.9 Å². The molecule has 1 aromatic carbocycles. The van der Waals surface area contributed by atoms with Crippen molar-refractivity contribution in [2.24, 2.45) is 0 Å². The van der Waals surface area contributed by atoms with Crippen LogP contribution in [0.3, 0.4) is 0 Å². The lowest BCUT2D eigenvalue weighted by Gasteiger charge is -2.12. The largest absolute Gasteiger partial charge is 0.380 e. The van der Waals surface area contributed by atoms with Gasteiger partial charge in [0, 0.05) is 19.7 Å². The van der Waals surface area contributed by atoms with Crippen LogP contribution in [0.15, 0.2) is 18.2 Å². The van der Waals surface area contributed by atoms with Crippen LogP contribution in [-0.4, -0.2) is 36.6 Å². The molecule has 0 aliphatic carbocycles. The first-order chi connectivity index (χ1) is 9.51. The molecule has 1 aliphatic heterocycles. The molecule has 1 saturated heterocycles. The SMILES string of the molecule is COC1CNC(C(=O)Nc2cc(C)ccc2[N+](=O)[O-])C1. The average molecular weight is 279 g/mol. The molecule has 0 saturated carbocycles. The molecule has 1 aliphatic rings. The van der Waals surface area contributed by atoms with E-state index in [1.807, 2.05) is 6.92 Å². The van der Waals surface area contributed by atoms with Gasteiger partial charge in [-0.3, -0.25) is 14.9 Å². The Kier molecular flexibility index (Phi) is 4.31. The number of ether oxygens (including phenoxy) is 1. The Morgan fingerprint density at radius 3 is 2.90 bits per heavy atom. The van der Waals surface area contributed by atoms with Gasteiger partial charge in [-0.2, -0.15) is 0 Å². The summed E-state index contributed by atoms with van der Waals surface area (Å²) in [4.78, 5) is 22.6. The number of carbonyl (C=O) groups excluding carboxylic acids is 1. The van der Waals surface area contributed by atoms with Gasteiger partial charge in [-0.1, -0.05) is 6.07 Å². The third-order valence-electron chi connectivity index (χ3n) is 3.35. The Hall–Kier alpha value is -1.99. The van der Waals surface area contributed by atoms with Crippen molar-refractivity contribution in [3.8, 4) is 0 Å². The first kappa shape index (κ1) is 14.4. The summed E-state index contributed by atoms with van der Waals surface area (Å²) in [6.45, 7) is 2.42. The van der Waals surface area contributed by atoms with Crippen molar-refractivity contribution in [3.05, 3.63) is 33.9 Å². The zero-order valence-corrected chi connectivity index (χ0v) is 11.4. The molecule has 20 heavy (non-hydrogen) atoms. The van der Waals surface area contributed by atoms with E-state index >= 15 is 0 Å². The number of anilines is 1. The van der Waals surface area contributed by atoms with Crippen molar-refractivity contribution >= 4 is 17.3 Å². The minimum absolute atomic E-state index is 0.00162. The monoisotopic (exact) mass is 279 g/mol. The van der Waals surface area contributed by atoms with Crippen molar-refractivity contribution in [2.45, 2.75) is 25.5 Å². The maximum atomic E-state index is 12.1. The third kappa shape index (κ3) is 3.12. The van der Waals surface area contributed by atoms with E-state index in [4.69, 9.17) is 4.74 Å². The fraction of sp³-hybridized carbons (Fsp3) is 0.462. The second-order valence-corrected chi connectivity index (χ2v) is 4.82. The third-order valence-corrected chi connectivity index (χ3v) is 3.35. The maximum absolute atomic E-state index is 12.1. The Morgan fingerprint density at radius 1 is 1.55 bits per heavy atom. The molecule has 1 amide bonds. The second-order valence-electron chi connectivity index (χ2n) is 4.82. The van der Waals surface area contributed by atoms with Gasteiger partial charge in [-0.05, 0) is 25.0 Å². The maximum Gasteiger partial charge on any atom is 0.292 e. The molecular weight excluding hydrogens is 262 g/mol. The van der Waals surface area contributed by atoms with Crippen molar-refractivity contribution in [2.75, 3.05) is 19.0 Å². The van der Waals surface area contributed by atoms with E-state index < -0.39 is 4.92 Å². The van der Waals surface area contributed by atoms with Crippen LogP contribution in [0.4, 0.5) is 11.4 Å². The molecule has 1 heterocycles. The van der Waals surface area contributed by atoms with Crippen LogP contribution in [0.25, 0.3) is 0 Å². The molecule has 0 spiro atoms. The molecule has 1 fully saturated rings. The quantitative estimate of drug-likeness (QED) is 0.638. The van der Waals surface area contributed by atoms with Crippen molar-refractivity contribution in [1.82, 2.24) is 5.32 Å². The molecule has 7 heteroatoms. The van der Waals surface area contributed by atoms with Crippen molar-refractivity contribution in [3.63, 3.8) is 0 Å². The Morgan fingerprint density at radius 2 is 2.30 bits per heavy atom. The molecule has 2 atom stereocenters. The number of hydrogen-bond acceptors (Lipinski definition) is 5. The highest BCUT2D eigenvalue weighted by Crippen LogP contribution is 2.25. The standard InChI is InChI=1S/C13H17N3O4/c1-8-3-4-12(16(18)19)10(5-8)15-13(17)11-6-9(20-2)7-14-11/h3-5,9,11,14H,6-7H2,1-2H3,(H,15,17). The highest BCUT2D eigenvalue weighted by Gasteiger charge is 2.30. The molecule has 2 N–H and O–H groups in total. The smallest absolute Gasteiger partial charge is 0.292 e. The van der Waals surface area contributed by atoms with Gasteiger partial charge in [0.2, 0.25) is 5.91 Å². The van der Waals surface area contributed by atoms with Gasteiger partial charge in [0.15, 0.2) is 0 Å². The number of nitrogens with one attached hydrogen (secondary N) is 2. The van der Waals surface area contributed by atoms with Crippen LogP contribution in [0, 0.1) is 17.0 Å². The van der Waals surface area contributed by atoms with E-state index in [2.05, 4.69) is 10.6 Å². The van der Waals surface area contributed by atoms with Crippen LogP contribution >= 0.6 is 0 Å². The Labute approximate surface area is 116 Å². The second kappa shape index (κ2) is 5.98. The summed E-state index contributed by atoms with van der Waals surface area (Å²) in [7, 11) is 1.60. The highest BCUT2D eigenvalue weighted by atomic mass is 16.6. The van der Waals surface area contributed by atoms with Crippen LogP contribution in [-0.2, 0) is 9.53 Å². The summed E-state index contributed by atoms with van der Waals surface area (Å²) < 4.78 is 5.17. The lowest BCUT2D eigenvalue weighted by atomic mass is 10.1. The molecule has 0 aromatic heterocycles. The number of methoxy groups -OCH3 is 1. The van der Waals surface area contributed by atoms with E-state index in [0.29, 0.717) is 13.0 Å². The number of rotatable bonds is 4. The number of aryl methyl sites for hydroxylation is 1. The summed E-state index contributed by atoms with van der Waals surface area (Å²) in [5.74, 6) is -0.279. The first-order valence-electron chi connectivity index (χ1n) is 6.33. The summed E-state index contributed by atoms with van der Waals surface area (Å²) in [6.07, 6.45) is 0.556. The Bertz CT molecular complexity index is 532. The molecule has 0 radical (unpaired) electrons. The van der Waals surface area contributed by atoms with Gasteiger partial charge >= 0.3 is 0 Å². The number of amides is 1. The van der Waals surface area contributed by atoms with Crippen LogP contribution < -0.4 is 10.6 Å². The molecular formula is C13H17N3O4. The Balaban J connectivity index is 2.11. The predicted molar refractivity (Wildman–Crippen MR) is 73.7 cm³/mol. The number of nitro groups is 1. The van der Waals surface area contributed by atoms with E-state index in [0.717, 1.165) is 5.56 Å². The number of carbonyl (C=O) groups is 1. The molecule has 2 unspecified atom stereocenters. The van der Waals surface area contributed by atoms with E-state index in [-0.39, 0.29) is 29.4 Å². The van der Waals surface area contributed by atoms with Crippen molar-refractivity contribution < 1.29 is 14.5 Å². The zero-order valence-electron chi connectivity index (χ0n) is 11.4. The molecule has 2 rings (SSSR count). The highest BCUT2D eigenvalue weighted by molar-refractivity contribution is 5.97. The summed E-state index contributed by atoms with van der Waals surface area (Å²) in [6, 6.07) is 4.24. The minimum atomic E-state index is -0.505. The lowest BCUT2D eigenvalue weighted by Crippen LogP contribution is -2.35. The molecule has 1 aromatic rings. The lowest BCUT2D eigenvalue weighted by molar-refractivity contribution is -0.383. The number of benzene rings is 1. The number of nitro benzene ring substituents is 1. The first-order valence-corrected chi connectivity index (χ1v) is 6.33. The van der Waals surface area contributed by atoms with Gasteiger partial charge in [-0.25, -0.2) is 0 Å². The van der Waals surface area contributed by atoms with Gasteiger partial charge in [0.1, 0.15) is 5.69 Å². The van der Waals surface area contributed by atoms with Gasteiger partial charge < -0.3 is 15.4 Å². The minimum Gasteiger partial charge on any atom is -0.380 e. The number of hydrogen-bond donors (Lipinski definition) is 2. The topological polar surface area (TPSA) is 93.5 Å². The molecule has 0 bridgehead atoms. The van der Waals surface area contributed by atoms with E-state index in [1.54, 1.807) is 19.2 Å². The number of nitrogens with zero attached hydrogens (tertiary/aromatic N) is 1. The molecule has 108 valence electrons. The fourth-order valence-corrected chi connectivity index (χ4v) is 2.21. The van der Waals surface area contributed by atoms with E-state index in [1.165, 1.54) is 6.07 Å². The fourth-order valence-electron chi connectivity index (χ4n) is 2.21. The van der Waals surface area contributed by atoms with Gasteiger partial charge in [0.05, 0.1) is 17.1 Å². The zero-order chi connectivity index (χ0) is 14.7. The normalized spacial score (nSPS) is 21.7. The summed E-state index contributed by atoms with van der Waals surface area (Å²) >= 11 is 0. The molecule has 7 nitrogen and oxygen atoms in total. The van der Waals surface area contributed by atoms with Crippen molar-refractivity contribution in [1.29, 1.82) is 0 Å². The summed E-state index contributed by atoms with van der Waals surface area (Å²) in [5, 5.41) is 16.6. The van der Waals surface area contributed by atoms with Crippen LogP contribution in [0.2, 0.25) is 0 Å². The van der Waals surface area contributed by atoms with Gasteiger partial charge in [0.25, 0.3) is 5.69 Å². The predicted octanol–water partition coefficient (Wildman–Crippen LogP) is 1.22. The van der Waals surface area contributed by atoms with Gasteiger partial charge in [-0.15, -0.1) is 0 Å². The average Bonchev–Trinajstić information content (AvgIpc) is 2.87. The summed E-state index contributed by atoms with van der Waals surface area (Å²) in [5.41, 5.74) is 0.966. The van der Waals surface area contributed by atoms with Crippen LogP contribution in [0.1, 0.15) is 12.0 Å².